The van der Waals surface area contributed by atoms with Crippen molar-refractivity contribution in [2.24, 2.45) is 0 Å². The molecule has 0 radical (unpaired) electrons. The van der Waals surface area contributed by atoms with Crippen LogP contribution in [-0.4, -0.2) is 8.76 Å². The second-order valence-corrected chi connectivity index (χ2v) is 3.69. The van der Waals surface area contributed by atoms with Gasteiger partial charge in [-0.2, -0.15) is 13.2 Å². The molecule has 78 valence electrons. The number of hydrogen-bond donors (Lipinski definition) is 0. The molecule has 7 heteroatoms. The van der Waals surface area contributed by atoms with E-state index in [1.807, 2.05) is 0 Å². The summed E-state index contributed by atoms with van der Waals surface area (Å²) in [6.07, 6.45) is -4.57. The van der Waals surface area contributed by atoms with Gasteiger partial charge in [-0.1, -0.05) is 11.6 Å². The molecule has 0 spiro atoms. The third kappa shape index (κ3) is 2.46. The second-order valence-electron chi connectivity index (χ2n) is 2.38. The van der Waals surface area contributed by atoms with Crippen molar-refractivity contribution in [2.75, 3.05) is 0 Å². The predicted octanol–water partition coefficient (Wildman–Crippen LogP) is 2.60. The minimum Gasteiger partial charge on any atom is -0.768 e. The normalized spacial score (nSPS) is 14.1. The van der Waals surface area contributed by atoms with Gasteiger partial charge in [-0.25, -0.2) is 0 Å². The standard InChI is InChI=1S/C7H4ClF3O2S/c8-5-2-1-4(7(9,10)11)3-6(5)14(12)13/h1-3H,(H,12,13)/p-1. The fourth-order valence-corrected chi connectivity index (χ4v) is 1.56. The average molecular weight is 244 g/mol. The number of rotatable bonds is 1. The molecule has 14 heavy (non-hydrogen) atoms. The molecule has 0 N–H and O–H groups in total. The molecule has 0 aromatic heterocycles. The van der Waals surface area contributed by atoms with Gasteiger partial charge in [0.15, 0.2) is 0 Å². The Morgan fingerprint density at radius 1 is 1.36 bits per heavy atom. The van der Waals surface area contributed by atoms with Gasteiger partial charge in [-0.3, -0.25) is 4.21 Å². The van der Waals surface area contributed by atoms with Crippen LogP contribution in [0.15, 0.2) is 23.1 Å². The summed E-state index contributed by atoms with van der Waals surface area (Å²) in [5.74, 6) is 0. The summed E-state index contributed by atoms with van der Waals surface area (Å²) in [6, 6.07) is 2.11. The molecule has 1 rings (SSSR count). The first-order chi connectivity index (χ1) is 6.32. The maximum Gasteiger partial charge on any atom is 0.416 e. The zero-order valence-electron chi connectivity index (χ0n) is 6.47. The molecule has 1 atom stereocenters. The zero-order chi connectivity index (χ0) is 10.9. The molecule has 1 aromatic rings. The largest absolute Gasteiger partial charge is 0.768 e. The van der Waals surface area contributed by atoms with E-state index in [1.54, 1.807) is 0 Å². The van der Waals surface area contributed by atoms with E-state index in [0.29, 0.717) is 6.07 Å². The van der Waals surface area contributed by atoms with Gasteiger partial charge in [0.2, 0.25) is 0 Å². The van der Waals surface area contributed by atoms with Gasteiger partial charge in [-0.15, -0.1) is 0 Å². The highest BCUT2D eigenvalue weighted by Gasteiger charge is 2.30. The van der Waals surface area contributed by atoms with Crippen LogP contribution < -0.4 is 0 Å². The van der Waals surface area contributed by atoms with Gasteiger partial charge in [0.1, 0.15) is 0 Å². The van der Waals surface area contributed by atoms with Crippen LogP contribution in [0.2, 0.25) is 5.02 Å². The Bertz CT molecular complexity index is 378. The third-order valence-electron chi connectivity index (χ3n) is 1.44. The quantitative estimate of drug-likeness (QED) is 0.712. The van der Waals surface area contributed by atoms with E-state index in [-0.39, 0.29) is 5.02 Å². The Balaban J connectivity index is 3.27. The lowest BCUT2D eigenvalue weighted by atomic mass is 10.2. The molecule has 1 aromatic carbocycles. The Morgan fingerprint density at radius 2 is 1.93 bits per heavy atom. The predicted molar refractivity (Wildman–Crippen MR) is 43.6 cm³/mol. The van der Waals surface area contributed by atoms with E-state index in [1.165, 1.54) is 0 Å². The number of hydrogen-bond acceptors (Lipinski definition) is 2. The lowest BCUT2D eigenvalue weighted by Gasteiger charge is -2.11. The summed E-state index contributed by atoms with van der Waals surface area (Å²) in [5, 5.41) is -0.230. The Hall–Kier alpha value is -0.590. The molecule has 0 bridgehead atoms. The van der Waals surface area contributed by atoms with E-state index < -0.39 is 27.7 Å². The van der Waals surface area contributed by atoms with Crippen LogP contribution >= 0.6 is 11.6 Å². The first-order valence-corrected chi connectivity index (χ1v) is 4.73. The molecular weight excluding hydrogens is 241 g/mol. The molecule has 0 aliphatic heterocycles. The number of alkyl halides is 3. The van der Waals surface area contributed by atoms with Crippen LogP contribution in [0.3, 0.4) is 0 Å². The molecule has 2 nitrogen and oxygen atoms in total. The van der Waals surface area contributed by atoms with E-state index in [2.05, 4.69) is 0 Å². The maximum absolute atomic E-state index is 12.1. The van der Waals surface area contributed by atoms with Gasteiger partial charge in [0, 0.05) is 4.90 Å². The van der Waals surface area contributed by atoms with Crippen LogP contribution in [0.1, 0.15) is 5.56 Å². The highest BCUT2D eigenvalue weighted by Crippen LogP contribution is 2.32. The molecule has 0 fully saturated rings. The van der Waals surface area contributed by atoms with Crippen molar-refractivity contribution in [3.8, 4) is 0 Å². The fraction of sp³-hybridized carbons (Fsp3) is 0.143. The van der Waals surface area contributed by atoms with Crippen molar-refractivity contribution in [3.63, 3.8) is 0 Å². The van der Waals surface area contributed by atoms with Crippen LogP contribution in [0.4, 0.5) is 13.2 Å². The minimum atomic E-state index is -4.57. The van der Waals surface area contributed by atoms with Crippen molar-refractivity contribution < 1.29 is 21.9 Å². The van der Waals surface area contributed by atoms with E-state index in [9.17, 15) is 21.9 Å². The highest BCUT2D eigenvalue weighted by molar-refractivity contribution is 7.79. The average Bonchev–Trinajstić information content (AvgIpc) is 2.02. The van der Waals surface area contributed by atoms with Crippen molar-refractivity contribution in [1.82, 2.24) is 0 Å². The highest BCUT2D eigenvalue weighted by atomic mass is 35.5. The number of halogens is 4. The van der Waals surface area contributed by atoms with Gasteiger partial charge >= 0.3 is 6.18 Å². The summed E-state index contributed by atoms with van der Waals surface area (Å²) >= 11 is 2.61. The lowest BCUT2D eigenvalue weighted by molar-refractivity contribution is -0.137. The van der Waals surface area contributed by atoms with Gasteiger partial charge in [0.05, 0.1) is 10.6 Å². The maximum atomic E-state index is 12.1. The van der Waals surface area contributed by atoms with E-state index in [4.69, 9.17) is 11.6 Å². The number of benzene rings is 1. The van der Waals surface area contributed by atoms with E-state index in [0.717, 1.165) is 12.1 Å². The van der Waals surface area contributed by atoms with Crippen molar-refractivity contribution in [3.05, 3.63) is 28.8 Å². The van der Waals surface area contributed by atoms with Crippen LogP contribution in [0, 0.1) is 0 Å². The van der Waals surface area contributed by atoms with Crippen molar-refractivity contribution >= 4 is 22.7 Å². The molecule has 1 unspecified atom stereocenters. The Kier molecular flexibility index (Phi) is 3.18. The zero-order valence-corrected chi connectivity index (χ0v) is 8.04. The second kappa shape index (κ2) is 3.88. The van der Waals surface area contributed by atoms with Crippen molar-refractivity contribution in [2.45, 2.75) is 11.1 Å². The van der Waals surface area contributed by atoms with Gasteiger partial charge < -0.3 is 4.55 Å². The molecule has 0 saturated heterocycles. The molecule has 0 heterocycles. The molecular formula is C7H3ClF3O2S-. The summed E-state index contributed by atoms with van der Waals surface area (Å²) in [6.45, 7) is 0. The lowest BCUT2D eigenvalue weighted by Crippen LogP contribution is -2.06. The van der Waals surface area contributed by atoms with Gasteiger partial charge in [0.25, 0.3) is 0 Å². The third-order valence-corrected chi connectivity index (χ3v) is 2.58. The summed E-state index contributed by atoms with van der Waals surface area (Å²) in [5.41, 5.74) is -1.04. The van der Waals surface area contributed by atoms with Crippen LogP contribution in [-0.2, 0) is 17.3 Å². The first kappa shape index (κ1) is 11.5. The van der Waals surface area contributed by atoms with Crippen LogP contribution in [0.5, 0.6) is 0 Å². The Morgan fingerprint density at radius 3 is 2.36 bits per heavy atom. The summed E-state index contributed by atoms with van der Waals surface area (Å²) in [7, 11) is 0. The van der Waals surface area contributed by atoms with Crippen molar-refractivity contribution in [1.29, 1.82) is 0 Å². The minimum absolute atomic E-state index is 0.230. The first-order valence-electron chi connectivity index (χ1n) is 3.28. The summed E-state index contributed by atoms with van der Waals surface area (Å²) < 4.78 is 57.3. The molecule has 0 saturated carbocycles. The van der Waals surface area contributed by atoms with Crippen LogP contribution in [0.25, 0.3) is 0 Å². The molecule has 0 amide bonds. The molecule has 0 aliphatic carbocycles. The molecule has 0 aliphatic rings. The topological polar surface area (TPSA) is 40.1 Å². The summed E-state index contributed by atoms with van der Waals surface area (Å²) in [4.78, 5) is -0.554. The SMILES string of the molecule is O=S([O-])c1cc(C(F)(F)F)ccc1Cl. The van der Waals surface area contributed by atoms with E-state index >= 15 is 0 Å². The Labute approximate surface area is 85.0 Å². The van der Waals surface area contributed by atoms with Gasteiger partial charge in [-0.05, 0) is 29.3 Å². The fourth-order valence-electron chi connectivity index (χ4n) is 0.807. The smallest absolute Gasteiger partial charge is 0.416 e. The monoisotopic (exact) mass is 243 g/mol.